The van der Waals surface area contributed by atoms with Crippen molar-refractivity contribution in [3.63, 3.8) is 0 Å². The Bertz CT molecular complexity index is 1050. The number of likely N-dealkylation sites (N-methyl/N-ethyl adjacent to an activating group) is 1. The minimum absolute atomic E-state index is 0.0619. The Morgan fingerprint density at radius 1 is 1.03 bits per heavy atom. The maximum absolute atomic E-state index is 13.4. The SMILES string of the molecule is CCNC(=O)C(CC)N(Cc1ccccc1Cl)C(=O)CN(c1ccc(Cl)cc1)S(C)(=O)=O. The van der Waals surface area contributed by atoms with Crippen molar-refractivity contribution in [2.24, 2.45) is 0 Å². The van der Waals surface area contributed by atoms with E-state index in [1.165, 1.54) is 17.0 Å². The van der Waals surface area contributed by atoms with Crippen molar-refractivity contribution in [3.8, 4) is 0 Å². The minimum atomic E-state index is -3.79. The summed E-state index contributed by atoms with van der Waals surface area (Å²) in [6.07, 6.45) is 1.37. The van der Waals surface area contributed by atoms with Crippen molar-refractivity contribution in [1.82, 2.24) is 10.2 Å². The van der Waals surface area contributed by atoms with E-state index in [9.17, 15) is 18.0 Å². The molecule has 1 N–H and O–H groups in total. The number of carbonyl (C=O) groups excluding carboxylic acids is 2. The molecule has 1 atom stereocenters. The Balaban J connectivity index is 2.43. The number of carbonyl (C=O) groups is 2. The van der Waals surface area contributed by atoms with Crippen LogP contribution in [0.25, 0.3) is 0 Å². The van der Waals surface area contributed by atoms with Crippen LogP contribution in [0.4, 0.5) is 5.69 Å². The molecule has 0 aliphatic rings. The highest BCUT2D eigenvalue weighted by Crippen LogP contribution is 2.23. The molecule has 0 saturated carbocycles. The van der Waals surface area contributed by atoms with E-state index in [2.05, 4.69) is 5.32 Å². The monoisotopic (exact) mass is 499 g/mol. The average molecular weight is 500 g/mol. The fraction of sp³-hybridized carbons (Fsp3) is 0.364. The van der Waals surface area contributed by atoms with Gasteiger partial charge in [0.05, 0.1) is 11.9 Å². The first-order valence-corrected chi connectivity index (χ1v) is 12.7. The Labute approximate surface area is 199 Å². The lowest BCUT2D eigenvalue weighted by Gasteiger charge is -2.33. The van der Waals surface area contributed by atoms with Gasteiger partial charge in [0.25, 0.3) is 0 Å². The van der Waals surface area contributed by atoms with Crippen LogP contribution in [0.15, 0.2) is 48.5 Å². The van der Waals surface area contributed by atoms with Crippen LogP contribution in [-0.4, -0.2) is 50.5 Å². The van der Waals surface area contributed by atoms with E-state index < -0.39 is 28.5 Å². The maximum atomic E-state index is 13.4. The zero-order valence-electron chi connectivity index (χ0n) is 18.2. The second-order valence-electron chi connectivity index (χ2n) is 7.18. The molecule has 0 fully saturated rings. The largest absolute Gasteiger partial charge is 0.355 e. The van der Waals surface area contributed by atoms with Crippen LogP contribution in [-0.2, 0) is 26.2 Å². The molecule has 0 heterocycles. The number of hydrogen-bond donors (Lipinski definition) is 1. The normalized spacial score (nSPS) is 12.2. The van der Waals surface area contributed by atoms with Gasteiger partial charge in [-0.25, -0.2) is 8.42 Å². The molecule has 2 aromatic carbocycles. The van der Waals surface area contributed by atoms with Crippen LogP contribution in [0.5, 0.6) is 0 Å². The lowest BCUT2D eigenvalue weighted by Crippen LogP contribution is -2.52. The van der Waals surface area contributed by atoms with E-state index in [0.717, 1.165) is 10.6 Å². The van der Waals surface area contributed by atoms with Crippen molar-refractivity contribution in [2.45, 2.75) is 32.9 Å². The minimum Gasteiger partial charge on any atom is -0.355 e. The van der Waals surface area contributed by atoms with E-state index in [1.807, 2.05) is 0 Å². The molecule has 0 aliphatic carbocycles. The number of hydrogen-bond acceptors (Lipinski definition) is 4. The number of nitrogens with one attached hydrogen (secondary N) is 1. The third-order valence-electron chi connectivity index (χ3n) is 4.83. The number of rotatable bonds is 10. The first kappa shape index (κ1) is 26.0. The first-order valence-electron chi connectivity index (χ1n) is 10.1. The molecule has 32 heavy (non-hydrogen) atoms. The topological polar surface area (TPSA) is 86.8 Å². The quantitative estimate of drug-likeness (QED) is 0.539. The molecule has 10 heteroatoms. The standard InChI is InChI=1S/C22H27Cl2N3O4S/c1-4-20(22(29)25-5-2)26(14-16-8-6-7-9-19(16)24)21(28)15-27(32(3,30)31)18-12-10-17(23)11-13-18/h6-13,20H,4-5,14-15H2,1-3H3,(H,25,29). The summed E-state index contributed by atoms with van der Waals surface area (Å²) < 4.78 is 26.0. The second kappa shape index (κ2) is 11.5. The van der Waals surface area contributed by atoms with Crippen LogP contribution >= 0.6 is 23.2 Å². The maximum Gasteiger partial charge on any atom is 0.244 e. The second-order valence-corrected chi connectivity index (χ2v) is 9.93. The van der Waals surface area contributed by atoms with E-state index in [1.54, 1.807) is 50.2 Å². The molecule has 174 valence electrons. The number of anilines is 1. The number of amides is 2. The van der Waals surface area contributed by atoms with Gasteiger partial charge in [-0.1, -0.05) is 48.3 Å². The van der Waals surface area contributed by atoms with Crippen LogP contribution < -0.4 is 9.62 Å². The molecule has 2 aromatic rings. The Morgan fingerprint density at radius 2 is 1.66 bits per heavy atom. The van der Waals surface area contributed by atoms with Crippen molar-refractivity contribution < 1.29 is 18.0 Å². The van der Waals surface area contributed by atoms with Gasteiger partial charge in [-0.05, 0) is 49.2 Å². The molecule has 1 unspecified atom stereocenters. The average Bonchev–Trinajstić information content (AvgIpc) is 2.73. The summed E-state index contributed by atoms with van der Waals surface area (Å²) in [6, 6.07) is 12.4. The van der Waals surface area contributed by atoms with Crippen molar-refractivity contribution >= 4 is 50.7 Å². The summed E-state index contributed by atoms with van der Waals surface area (Å²) in [5.41, 5.74) is 0.955. The van der Waals surface area contributed by atoms with Gasteiger partial charge in [-0.2, -0.15) is 0 Å². The lowest BCUT2D eigenvalue weighted by molar-refractivity contribution is -0.140. The van der Waals surface area contributed by atoms with Gasteiger partial charge < -0.3 is 10.2 Å². The van der Waals surface area contributed by atoms with Gasteiger partial charge in [0, 0.05) is 23.1 Å². The van der Waals surface area contributed by atoms with Gasteiger partial charge in [-0.3, -0.25) is 13.9 Å². The molecule has 0 saturated heterocycles. The van der Waals surface area contributed by atoms with Crippen LogP contribution in [0.3, 0.4) is 0 Å². The van der Waals surface area contributed by atoms with Crippen molar-refractivity contribution in [3.05, 3.63) is 64.1 Å². The molecule has 7 nitrogen and oxygen atoms in total. The highest BCUT2D eigenvalue weighted by atomic mass is 35.5. The molecular formula is C22H27Cl2N3O4S. The summed E-state index contributed by atoms with van der Waals surface area (Å²) in [4.78, 5) is 27.5. The molecule has 0 spiro atoms. The molecule has 0 bridgehead atoms. The number of nitrogens with zero attached hydrogens (tertiary/aromatic N) is 2. The summed E-state index contributed by atoms with van der Waals surface area (Å²) in [6.45, 7) is 3.58. The fourth-order valence-corrected chi connectivity index (χ4v) is 4.41. The van der Waals surface area contributed by atoms with Gasteiger partial charge in [0.15, 0.2) is 0 Å². The third kappa shape index (κ3) is 6.85. The van der Waals surface area contributed by atoms with Crippen LogP contribution in [0.2, 0.25) is 10.0 Å². The summed E-state index contributed by atoms with van der Waals surface area (Å²) in [5, 5.41) is 3.63. The van der Waals surface area contributed by atoms with Crippen molar-refractivity contribution in [1.29, 1.82) is 0 Å². The van der Waals surface area contributed by atoms with E-state index in [0.29, 0.717) is 34.3 Å². The van der Waals surface area contributed by atoms with Crippen LogP contribution in [0.1, 0.15) is 25.8 Å². The number of halogens is 2. The predicted octanol–water partition coefficient (Wildman–Crippen LogP) is 3.70. The zero-order chi connectivity index (χ0) is 23.9. The fourth-order valence-electron chi connectivity index (χ4n) is 3.24. The Kier molecular flexibility index (Phi) is 9.36. The van der Waals surface area contributed by atoms with Crippen molar-refractivity contribution in [2.75, 3.05) is 23.7 Å². The molecule has 0 aromatic heterocycles. The molecule has 2 amide bonds. The first-order chi connectivity index (χ1) is 15.1. The van der Waals surface area contributed by atoms with E-state index in [-0.39, 0.29) is 12.5 Å². The molecular weight excluding hydrogens is 473 g/mol. The predicted molar refractivity (Wildman–Crippen MR) is 128 cm³/mol. The van der Waals surface area contributed by atoms with Gasteiger partial charge in [0.1, 0.15) is 12.6 Å². The zero-order valence-corrected chi connectivity index (χ0v) is 20.5. The molecule has 0 radical (unpaired) electrons. The Hall–Kier alpha value is -2.29. The lowest BCUT2D eigenvalue weighted by atomic mass is 10.1. The van der Waals surface area contributed by atoms with Gasteiger partial charge >= 0.3 is 0 Å². The summed E-state index contributed by atoms with van der Waals surface area (Å²) >= 11 is 12.2. The highest BCUT2D eigenvalue weighted by molar-refractivity contribution is 7.92. The van der Waals surface area contributed by atoms with Gasteiger partial charge in [-0.15, -0.1) is 0 Å². The van der Waals surface area contributed by atoms with E-state index in [4.69, 9.17) is 23.2 Å². The summed E-state index contributed by atoms with van der Waals surface area (Å²) in [5.74, 6) is -0.837. The molecule has 2 rings (SSSR count). The number of benzene rings is 2. The molecule has 0 aliphatic heterocycles. The number of sulfonamides is 1. The third-order valence-corrected chi connectivity index (χ3v) is 6.59. The summed E-state index contributed by atoms with van der Waals surface area (Å²) in [7, 11) is -3.79. The van der Waals surface area contributed by atoms with Gasteiger partial charge in [0.2, 0.25) is 21.8 Å². The van der Waals surface area contributed by atoms with E-state index >= 15 is 0 Å². The highest BCUT2D eigenvalue weighted by Gasteiger charge is 2.31. The Morgan fingerprint density at radius 3 is 2.19 bits per heavy atom. The van der Waals surface area contributed by atoms with Crippen LogP contribution in [0, 0.1) is 0 Å². The smallest absolute Gasteiger partial charge is 0.244 e.